The lowest BCUT2D eigenvalue weighted by Crippen LogP contribution is -1.96. The van der Waals surface area contributed by atoms with Gasteiger partial charge in [-0.05, 0) is 46.8 Å². The Labute approximate surface area is 226 Å². The number of hydrogen-bond donors (Lipinski definition) is 0. The first-order valence-electron chi connectivity index (χ1n) is 12.3. The average Bonchev–Trinajstić information content (AvgIpc) is 3.50. The molecule has 0 bridgehead atoms. The van der Waals surface area contributed by atoms with Crippen molar-refractivity contribution in [3.8, 4) is 11.1 Å². The summed E-state index contributed by atoms with van der Waals surface area (Å²) in [6.07, 6.45) is 11.6. The van der Waals surface area contributed by atoms with E-state index in [0.29, 0.717) is 0 Å². The minimum atomic E-state index is 1.09. The first-order valence-corrected chi connectivity index (χ1v) is 13.9. The van der Waals surface area contributed by atoms with Crippen molar-refractivity contribution in [1.82, 2.24) is 4.57 Å². The zero-order valence-corrected chi connectivity index (χ0v) is 22.1. The van der Waals surface area contributed by atoms with Gasteiger partial charge < -0.3 is 0 Å². The Morgan fingerprint density at radius 1 is 0.703 bits per heavy atom. The molecule has 1 aliphatic carbocycles. The van der Waals surface area contributed by atoms with Crippen molar-refractivity contribution in [2.75, 3.05) is 0 Å². The summed E-state index contributed by atoms with van der Waals surface area (Å²) >= 11 is 5.66. The third-order valence-electron chi connectivity index (χ3n) is 7.35. The first kappa shape index (κ1) is 21.1. The van der Waals surface area contributed by atoms with Crippen LogP contribution in [0.1, 0.15) is 0 Å². The number of fused-ring (bicyclic) bond motifs is 10. The van der Waals surface area contributed by atoms with Crippen LogP contribution in [0, 0.1) is 6.08 Å². The molecule has 7 aromatic rings. The Morgan fingerprint density at radius 2 is 1.54 bits per heavy atom. The van der Waals surface area contributed by atoms with E-state index in [9.17, 15) is 0 Å². The van der Waals surface area contributed by atoms with Crippen molar-refractivity contribution < 1.29 is 0 Å². The van der Waals surface area contributed by atoms with E-state index in [-0.39, 0.29) is 0 Å². The summed E-state index contributed by atoms with van der Waals surface area (Å²) in [6, 6.07) is 33.1. The number of allylic oxidation sites excluding steroid dienone is 6. The van der Waals surface area contributed by atoms with Crippen molar-refractivity contribution in [2.24, 2.45) is 0 Å². The van der Waals surface area contributed by atoms with Crippen LogP contribution in [0.2, 0.25) is 0 Å². The van der Waals surface area contributed by atoms with Crippen molar-refractivity contribution in [1.29, 1.82) is 0 Å². The highest BCUT2D eigenvalue weighted by atomic mass is 79.9. The van der Waals surface area contributed by atoms with Crippen LogP contribution in [0.3, 0.4) is 0 Å². The molecule has 1 nitrogen and oxygen atoms in total. The minimum absolute atomic E-state index is 1.09. The lowest BCUT2D eigenvalue weighted by atomic mass is 9.97. The predicted octanol–water partition coefficient (Wildman–Crippen LogP) is 10.5. The Bertz CT molecular complexity index is 2140. The van der Waals surface area contributed by atoms with E-state index in [0.717, 1.165) is 10.2 Å². The molecule has 5 aromatic carbocycles. The summed E-state index contributed by atoms with van der Waals surface area (Å²) in [5.41, 5.74) is 6.09. The standard InChI is InChI=1S/C34H19BrNS/c35-23-16-17-29-27(20-23)32-33(36(29)24-11-5-2-6-12-24)26-14-8-7-13-25(26)31-28-19-22(21-9-3-1-4-10-21)15-18-30(28)37-34(31)32/h1-5,7-20H/q+1. The highest BCUT2D eigenvalue weighted by Gasteiger charge is 2.24. The van der Waals surface area contributed by atoms with Gasteiger partial charge in [0, 0.05) is 53.0 Å². The Hall–Kier alpha value is -4.01. The zero-order chi connectivity index (χ0) is 24.5. The number of benzene rings is 5. The molecule has 0 radical (unpaired) electrons. The topological polar surface area (TPSA) is 4.93 Å². The summed E-state index contributed by atoms with van der Waals surface area (Å²) < 4.78 is 6.16. The van der Waals surface area contributed by atoms with Gasteiger partial charge in [-0.2, -0.15) is 0 Å². The maximum Gasteiger partial charge on any atom is 0.158 e. The molecule has 1 aliphatic rings. The molecule has 2 aromatic heterocycles. The van der Waals surface area contributed by atoms with Gasteiger partial charge in [-0.15, -0.1) is 11.3 Å². The van der Waals surface area contributed by atoms with E-state index in [1.807, 2.05) is 17.4 Å². The molecule has 0 atom stereocenters. The van der Waals surface area contributed by atoms with Crippen LogP contribution in [0.25, 0.3) is 69.6 Å². The minimum Gasteiger partial charge on any atom is -0.255 e. The van der Waals surface area contributed by atoms with Gasteiger partial charge in [0.15, 0.2) is 5.70 Å². The van der Waals surface area contributed by atoms with E-state index in [4.69, 9.17) is 0 Å². The van der Waals surface area contributed by atoms with E-state index in [1.165, 1.54) is 63.9 Å². The van der Waals surface area contributed by atoms with E-state index >= 15 is 0 Å². The lowest BCUT2D eigenvalue weighted by Gasteiger charge is -2.09. The van der Waals surface area contributed by atoms with Crippen molar-refractivity contribution >= 4 is 85.7 Å². The molecule has 0 aliphatic heterocycles. The molecule has 8 rings (SSSR count). The quantitative estimate of drug-likeness (QED) is 0.188. The Balaban J connectivity index is 1.62. The summed E-state index contributed by atoms with van der Waals surface area (Å²) in [7, 11) is 0. The first-order chi connectivity index (χ1) is 18.3. The van der Waals surface area contributed by atoms with Crippen LogP contribution in [-0.2, 0) is 0 Å². The second kappa shape index (κ2) is 7.99. The highest BCUT2D eigenvalue weighted by molar-refractivity contribution is 9.10. The van der Waals surface area contributed by atoms with Crippen LogP contribution < -0.4 is 0 Å². The molecule has 0 unspecified atom stereocenters. The number of hydrogen-bond acceptors (Lipinski definition) is 1. The molecule has 172 valence electrons. The van der Waals surface area contributed by atoms with Gasteiger partial charge in [0.25, 0.3) is 0 Å². The van der Waals surface area contributed by atoms with Gasteiger partial charge in [-0.3, -0.25) is 4.57 Å². The van der Waals surface area contributed by atoms with Gasteiger partial charge >= 0.3 is 0 Å². The molecule has 3 heteroatoms. The largest absolute Gasteiger partial charge is 0.255 e. The summed E-state index contributed by atoms with van der Waals surface area (Å²) in [5.74, 6) is 0. The fourth-order valence-electron chi connectivity index (χ4n) is 5.80. The van der Waals surface area contributed by atoms with Gasteiger partial charge in [0.05, 0.1) is 17.1 Å². The summed E-state index contributed by atoms with van der Waals surface area (Å²) in [6.45, 7) is 0. The monoisotopic (exact) mass is 552 g/mol. The van der Waals surface area contributed by atoms with Crippen molar-refractivity contribution in [3.05, 3.63) is 126 Å². The van der Waals surface area contributed by atoms with E-state index < -0.39 is 0 Å². The second-order valence-electron chi connectivity index (χ2n) is 9.41. The van der Waals surface area contributed by atoms with Gasteiger partial charge in [0.2, 0.25) is 0 Å². The third-order valence-corrected chi connectivity index (χ3v) is 9.03. The van der Waals surface area contributed by atoms with Crippen molar-refractivity contribution in [2.45, 2.75) is 0 Å². The molecular formula is C34H19BrNS+. The molecule has 0 N–H and O–H groups in total. The number of thiophene rings is 1. The number of aromatic nitrogens is 1. The molecule has 37 heavy (non-hydrogen) atoms. The maximum absolute atomic E-state index is 3.76. The third kappa shape index (κ3) is 3.06. The van der Waals surface area contributed by atoms with Gasteiger partial charge in [-0.1, -0.05) is 76.6 Å². The summed E-state index contributed by atoms with van der Waals surface area (Å²) in [5, 5.41) is 7.81. The smallest absolute Gasteiger partial charge is 0.158 e. The Morgan fingerprint density at radius 3 is 2.38 bits per heavy atom. The number of rotatable bonds is 2. The highest BCUT2D eigenvalue weighted by Crippen LogP contribution is 2.49. The zero-order valence-electron chi connectivity index (χ0n) is 19.7. The fraction of sp³-hybridized carbons (Fsp3) is 0. The molecule has 0 saturated heterocycles. The molecular weight excluding hydrogens is 534 g/mol. The van der Waals surface area contributed by atoms with E-state index in [2.05, 4.69) is 136 Å². The average molecular weight is 554 g/mol. The molecule has 2 heterocycles. The number of nitrogens with zero attached hydrogens (tertiary/aromatic N) is 1. The molecule has 0 spiro atoms. The predicted molar refractivity (Wildman–Crippen MR) is 164 cm³/mol. The Kier molecular flexibility index (Phi) is 4.56. The second-order valence-corrected chi connectivity index (χ2v) is 11.4. The van der Waals surface area contributed by atoms with Gasteiger partial charge in [-0.25, -0.2) is 0 Å². The lowest BCUT2D eigenvalue weighted by molar-refractivity contribution is 1.24. The van der Waals surface area contributed by atoms with Crippen molar-refractivity contribution in [3.63, 3.8) is 0 Å². The fourth-order valence-corrected chi connectivity index (χ4v) is 7.42. The van der Waals surface area contributed by atoms with Crippen LogP contribution in [0.15, 0.2) is 120 Å². The van der Waals surface area contributed by atoms with Gasteiger partial charge in [0.1, 0.15) is 12.2 Å². The normalized spacial score (nSPS) is 13.3. The van der Waals surface area contributed by atoms with Crippen LogP contribution >= 0.6 is 27.3 Å². The molecule has 0 amide bonds. The van der Waals surface area contributed by atoms with Crippen LogP contribution in [-0.4, -0.2) is 4.57 Å². The maximum atomic E-state index is 3.76. The SMILES string of the molecule is Brc1ccc2c(c1)c1c3sc4ccc(-c5ccccc5)cc4c3c3ccccc3c1n2C1=CC=C[C+]=C1. The van der Waals surface area contributed by atoms with Crippen LogP contribution in [0.4, 0.5) is 0 Å². The summed E-state index contributed by atoms with van der Waals surface area (Å²) in [4.78, 5) is 0. The molecule has 0 fully saturated rings. The number of halogens is 1. The van der Waals surface area contributed by atoms with E-state index in [1.54, 1.807) is 0 Å². The molecule has 0 saturated carbocycles. The van der Waals surface area contributed by atoms with Crippen LogP contribution in [0.5, 0.6) is 0 Å².